The van der Waals surface area contributed by atoms with E-state index >= 15 is 0 Å². The summed E-state index contributed by atoms with van der Waals surface area (Å²) in [5, 5.41) is 12.5. The van der Waals surface area contributed by atoms with E-state index in [0.29, 0.717) is 25.1 Å². The Kier molecular flexibility index (Phi) is 3.77. The molecule has 1 atom stereocenters. The summed E-state index contributed by atoms with van der Waals surface area (Å²) >= 11 is 0. The summed E-state index contributed by atoms with van der Waals surface area (Å²) in [6.45, 7) is 0.716. The third kappa shape index (κ3) is 2.99. The molecule has 1 unspecified atom stereocenters. The van der Waals surface area contributed by atoms with Crippen molar-refractivity contribution in [1.29, 1.82) is 0 Å². The summed E-state index contributed by atoms with van der Waals surface area (Å²) in [6, 6.07) is 14.8. The van der Waals surface area contributed by atoms with E-state index in [9.17, 15) is 9.90 Å². The molecule has 3 rings (SSSR count). The highest BCUT2D eigenvalue weighted by atomic mass is 16.5. The number of rotatable bonds is 3. The Labute approximate surface area is 123 Å². The van der Waals surface area contributed by atoms with E-state index in [-0.39, 0.29) is 17.6 Å². The number of aromatic hydroxyl groups is 1. The zero-order valence-electron chi connectivity index (χ0n) is 11.6. The topological polar surface area (TPSA) is 58.6 Å². The quantitative estimate of drug-likeness (QED) is 0.908. The van der Waals surface area contributed by atoms with Crippen molar-refractivity contribution in [3.05, 3.63) is 59.7 Å². The van der Waals surface area contributed by atoms with E-state index in [2.05, 4.69) is 5.32 Å². The molecule has 108 valence electrons. The second-order valence-corrected chi connectivity index (χ2v) is 5.17. The molecule has 4 nitrogen and oxygen atoms in total. The van der Waals surface area contributed by atoms with Gasteiger partial charge in [0.2, 0.25) is 5.91 Å². The summed E-state index contributed by atoms with van der Waals surface area (Å²) in [7, 11) is 0. The Hall–Kier alpha value is -2.49. The van der Waals surface area contributed by atoms with Gasteiger partial charge in [-0.05, 0) is 24.1 Å². The van der Waals surface area contributed by atoms with Gasteiger partial charge < -0.3 is 15.2 Å². The van der Waals surface area contributed by atoms with Crippen molar-refractivity contribution < 1.29 is 14.6 Å². The highest BCUT2D eigenvalue weighted by molar-refractivity contribution is 5.79. The molecular formula is C17H17NO3. The molecule has 0 radical (unpaired) electrons. The Morgan fingerprint density at radius 1 is 1.19 bits per heavy atom. The van der Waals surface area contributed by atoms with Crippen molar-refractivity contribution in [3.8, 4) is 11.5 Å². The molecule has 0 saturated carbocycles. The maximum Gasteiger partial charge on any atom is 0.227 e. The number of fused-ring (bicyclic) bond motifs is 1. The van der Waals surface area contributed by atoms with Gasteiger partial charge in [0.1, 0.15) is 18.1 Å². The smallest absolute Gasteiger partial charge is 0.227 e. The molecule has 2 N–H and O–H groups in total. The number of phenols is 1. The van der Waals surface area contributed by atoms with Crippen LogP contribution in [0.1, 0.15) is 11.1 Å². The fraction of sp³-hybridized carbons (Fsp3) is 0.235. The molecular weight excluding hydrogens is 266 g/mol. The molecule has 0 saturated heterocycles. The van der Waals surface area contributed by atoms with Crippen molar-refractivity contribution in [3.63, 3.8) is 0 Å². The number of carbonyl (C=O) groups is 1. The fourth-order valence-corrected chi connectivity index (χ4v) is 2.48. The molecule has 1 aliphatic heterocycles. The van der Waals surface area contributed by atoms with E-state index in [0.717, 1.165) is 11.3 Å². The van der Waals surface area contributed by atoms with Gasteiger partial charge in [0.05, 0.1) is 5.92 Å². The van der Waals surface area contributed by atoms with Gasteiger partial charge in [-0.2, -0.15) is 0 Å². The Balaban J connectivity index is 1.61. The van der Waals surface area contributed by atoms with Crippen LogP contribution in [0.25, 0.3) is 0 Å². The molecule has 1 amide bonds. The van der Waals surface area contributed by atoms with E-state index in [1.54, 1.807) is 18.2 Å². The number of hydrogen-bond donors (Lipinski definition) is 2. The average molecular weight is 283 g/mol. The van der Waals surface area contributed by atoms with Crippen LogP contribution in [0.2, 0.25) is 0 Å². The van der Waals surface area contributed by atoms with Gasteiger partial charge in [-0.1, -0.05) is 36.4 Å². The first kappa shape index (κ1) is 13.5. The van der Waals surface area contributed by atoms with E-state index < -0.39 is 0 Å². The number of hydrogen-bond acceptors (Lipinski definition) is 3. The summed E-state index contributed by atoms with van der Waals surface area (Å²) in [4.78, 5) is 12.2. The zero-order chi connectivity index (χ0) is 14.7. The molecule has 2 aromatic carbocycles. The van der Waals surface area contributed by atoms with Crippen molar-refractivity contribution in [2.24, 2.45) is 5.92 Å². The van der Waals surface area contributed by atoms with Crippen LogP contribution in [0.4, 0.5) is 0 Å². The molecule has 2 aromatic rings. The summed E-state index contributed by atoms with van der Waals surface area (Å²) in [5.74, 6) is 0.823. The predicted molar refractivity (Wildman–Crippen MR) is 79.1 cm³/mol. The average Bonchev–Trinajstić information content (AvgIpc) is 2.53. The van der Waals surface area contributed by atoms with Crippen molar-refractivity contribution >= 4 is 5.91 Å². The van der Waals surface area contributed by atoms with Crippen LogP contribution in [0.3, 0.4) is 0 Å². The van der Waals surface area contributed by atoms with E-state index in [1.807, 2.05) is 30.3 Å². The zero-order valence-corrected chi connectivity index (χ0v) is 11.6. The molecule has 21 heavy (non-hydrogen) atoms. The summed E-state index contributed by atoms with van der Waals surface area (Å²) < 4.78 is 5.62. The molecule has 0 aromatic heterocycles. The van der Waals surface area contributed by atoms with Gasteiger partial charge in [0.15, 0.2) is 0 Å². The van der Waals surface area contributed by atoms with Gasteiger partial charge >= 0.3 is 0 Å². The Morgan fingerprint density at radius 3 is 2.81 bits per heavy atom. The number of para-hydroxylation sites is 2. The van der Waals surface area contributed by atoms with Crippen molar-refractivity contribution in [2.45, 2.75) is 13.0 Å². The minimum Gasteiger partial charge on any atom is -0.508 e. The number of amides is 1. The normalized spacial score (nSPS) is 16.7. The number of phenolic OH excluding ortho intramolecular Hbond substituents is 1. The first-order valence-electron chi connectivity index (χ1n) is 6.99. The Bertz CT molecular complexity index is 654. The molecule has 0 fully saturated rings. The third-order valence-corrected chi connectivity index (χ3v) is 3.69. The molecule has 4 heteroatoms. The van der Waals surface area contributed by atoms with Crippen LogP contribution in [-0.4, -0.2) is 17.6 Å². The number of benzene rings is 2. The fourth-order valence-electron chi connectivity index (χ4n) is 2.48. The number of nitrogens with one attached hydrogen (secondary N) is 1. The molecule has 1 heterocycles. The maximum absolute atomic E-state index is 12.2. The van der Waals surface area contributed by atoms with Gasteiger partial charge in [-0.3, -0.25) is 4.79 Å². The molecule has 0 aliphatic carbocycles. The monoisotopic (exact) mass is 283 g/mol. The molecule has 0 spiro atoms. The number of carbonyl (C=O) groups excluding carboxylic acids is 1. The van der Waals surface area contributed by atoms with Crippen LogP contribution >= 0.6 is 0 Å². The first-order chi connectivity index (χ1) is 10.2. The minimum atomic E-state index is -0.189. The lowest BCUT2D eigenvalue weighted by Crippen LogP contribution is -2.37. The molecule has 0 bridgehead atoms. The lowest BCUT2D eigenvalue weighted by Gasteiger charge is -2.24. The SMILES string of the molecule is O=C(NCc1ccccc1O)C1COc2ccccc2C1. The molecule has 1 aliphatic rings. The van der Waals surface area contributed by atoms with Gasteiger partial charge in [0.25, 0.3) is 0 Å². The summed E-state index contributed by atoms with van der Waals surface area (Å²) in [5.41, 5.74) is 1.77. The largest absolute Gasteiger partial charge is 0.508 e. The second-order valence-electron chi connectivity index (χ2n) is 5.17. The van der Waals surface area contributed by atoms with E-state index in [4.69, 9.17) is 4.74 Å². The summed E-state index contributed by atoms with van der Waals surface area (Å²) in [6.07, 6.45) is 0.683. The highest BCUT2D eigenvalue weighted by Crippen LogP contribution is 2.27. The van der Waals surface area contributed by atoms with Crippen LogP contribution in [0.15, 0.2) is 48.5 Å². The third-order valence-electron chi connectivity index (χ3n) is 3.69. The predicted octanol–water partition coefficient (Wildman–Crippen LogP) is 2.26. The van der Waals surface area contributed by atoms with Gasteiger partial charge in [-0.15, -0.1) is 0 Å². The highest BCUT2D eigenvalue weighted by Gasteiger charge is 2.25. The standard InChI is InChI=1S/C17H17NO3/c19-15-7-3-1-6-13(15)10-18-17(20)14-9-12-5-2-4-8-16(12)21-11-14/h1-8,14,19H,9-11H2,(H,18,20). The van der Waals surface area contributed by atoms with Crippen LogP contribution in [-0.2, 0) is 17.8 Å². The van der Waals surface area contributed by atoms with Crippen LogP contribution in [0.5, 0.6) is 11.5 Å². The van der Waals surface area contributed by atoms with Crippen molar-refractivity contribution in [1.82, 2.24) is 5.32 Å². The minimum absolute atomic E-state index is 0.0484. The van der Waals surface area contributed by atoms with Gasteiger partial charge in [0, 0.05) is 12.1 Å². The van der Waals surface area contributed by atoms with E-state index in [1.165, 1.54) is 0 Å². The maximum atomic E-state index is 12.2. The van der Waals surface area contributed by atoms with Crippen LogP contribution < -0.4 is 10.1 Å². The first-order valence-corrected chi connectivity index (χ1v) is 6.99. The van der Waals surface area contributed by atoms with Crippen molar-refractivity contribution in [2.75, 3.05) is 6.61 Å². The second kappa shape index (κ2) is 5.87. The van der Waals surface area contributed by atoms with Crippen LogP contribution in [0, 0.1) is 5.92 Å². The lowest BCUT2D eigenvalue weighted by molar-refractivity contribution is -0.126. The Morgan fingerprint density at radius 2 is 1.95 bits per heavy atom. The number of ether oxygens (including phenoxy) is 1. The lowest BCUT2D eigenvalue weighted by atomic mass is 9.96. The van der Waals surface area contributed by atoms with Gasteiger partial charge in [-0.25, -0.2) is 0 Å².